The summed E-state index contributed by atoms with van der Waals surface area (Å²) in [4.78, 5) is 10.9. The van der Waals surface area contributed by atoms with E-state index in [1.165, 1.54) is 4.31 Å². The highest BCUT2D eigenvalue weighted by molar-refractivity contribution is 7.93. The standard InChI is InChI=1S/C20H21NO3S/c1-15-10-12-17(13-11-15)25(23,24)21-19(8-5-6-14-22)16(2)18-7-3-4-9-20(18)21/h3-4,7,9-14,19H,2,5-6,8H2,1H3. The summed E-state index contributed by atoms with van der Waals surface area (Å²) in [6.07, 6.45) is 2.47. The molecule has 2 aromatic rings. The molecule has 0 spiro atoms. The van der Waals surface area contributed by atoms with E-state index in [1.807, 2.05) is 31.2 Å². The number of aldehydes is 1. The Labute approximate surface area is 148 Å². The SMILES string of the molecule is C=C1c2ccccc2N(S(=O)(=O)c2ccc(C)cc2)C1CCCC=O. The van der Waals surface area contributed by atoms with E-state index in [0.29, 0.717) is 24.9 Å². The second-order valence-electron chi connectivity index (χ2n) is 6.27. The van der Waals surface area contributed by atoms with Crippen LogP contribution in [-0.2, 0) is 14.8 Å². The maximum atomic E-state index is 13.3. The second kappa shape index (κ2) is 6.84. The summed E-state index contributed by atoms with van der Waals surface area (Å²) in [5.41, 5.74) is 3.31. The minimum atomic E-state index is -3.70. The molecule has 0 N–H and O–H groups in total. The number of carbonyl (C=O) groups is 1. The lowest BCUT2D eigenvalue weighted by molar-refractivity contribution is -0.107. The molecule has 2 aromatic carbocycles. The molecule has 0 radical (unpaired) electrons. The van der Waals surface area contributed by atoms with Gasteiger partial charge in [-0.15, -0.1) is 0 Å². The predicted octanol–water partition coefficient (Wildman–Crippen LogP) is 3.95. The van der Waals surface area contributed by atoms with E-state index in [2.05, 4.69) is 6.58 Å². The maximum Gasteiger partial charge on any atom is 0.264 e. The lowest BCUT2D eigenvalue weighted by atomic mass is 10.0. The first-order valence-electron chi connectivity index (χ1n) is 8.29. The molecule has 1 heterocycles. The third-order valence-corrected chi connectivity index (χ3v) is 6.39. The lowest BCUT2D eigenvalue weighted by Crippen LogP contribution is -2.37. The summed E-state index contributed by atoms with van der Waals surface area (Å²) in [7, 11) is -3.70. The van der Waals surface area contributed by atoms with Crippen molar-refractivity contribution in [1.82, 2.24) is 0 Å². The maximum absolute atomic E-state index is 13.3. The van der Waals surface area contributed by atoms with Gasteiger partial charge in [-0.25, -0.2) is 8.42 Å². The van der Waals surface area contributed by atoms with Crippen molar-refractivity contribution in [2.24, 2.45) is 0 Å². The Morgan fingerprint density at radius 3 is 2.48 bits per heavy atom. The van der Waals surface area contributed by atoms with Crippen LogP contribution in [0.2, 0.25) is 0 Å². The van der Waals surface area contributed by atoms with Gasteiger partial charge in [0.1, 0.15) is 6.29 Å². The van der Waals surface area contributed by atoms with E-state index in [-0.39, 0.29) is 10.9 Å². The smallest absolute Gasteiger partial charge is 0.264 e. The summed E-state index contributed by atoms with van der Waals surface area (Å²) >= 11 is 0. The normalized spacial score (nSPS) is 16.8. The van der Waals surface area contributed by atoms with Gasteiger partial charge in [0.05, 0.1) is 16.6 Å². The Balaban J connectivity index is 2.07. The first-order valence-corrected chi connectivity index (χ1v) is 9.74. The zero-order valence-corrected chi connectivity index (χ0v) is 15.0. The largest absolute Gasteiger partial charge is 0.303 e. The highest BCUT2D eigenvalue weighted by Gasteiger charge is 2.40. The number of nitrogens with zero attached hydrogens (tertiary/aromatic N) is 1. The Bertz CT molecular complexity index is 901. The molecule has 0 saturated carbocycles. The van der Waals surface area contributed by atoms with Crippen LogP contribution in [0, 0.1) is 6.92 Å². The van der Waals surface area contributed by atoms with Gasteiger partial charge in [0, 0.05) is 12.0 Å². The van der Waals surface area contributed by atoms with E-state index >= 15 is 0 Å². The minimum absolute atomic E-state index is 0.267. The third-order valence-electron chi connectivity index (χ3n) is 4.55. The van der Waals surface area contributed by atoms with Gasteiger partial charge in [-0.3, -0.25) is 4.31 Å². The third kappa shape index (κ3) is 3.12. The second-order valence-corrected chi connectivity index (χ2v) is 8.08. The Morgan fingerprint density at radius 2 is 1.80 bits per heavy atom. The summed E-state index contributed by atoms with van der Waals surface area (Å²) < 4.78 is 28.1. The highest BCUT2D eigenvalue weighted by atomic mass is 32.2. The van der Waals surface area contributed by atoms with Crippen molar-refractivity contribution in [3.8, 4) is 0 Å². The van der Waals surface area contributed by atoms with Crippen molar-refractivity contribution in [1.29, 1.82) is 0 Å². The van der Waals surface area contributed by atoms with Crippen molar-refractivity contribution in [2.75, 3.05) is 4.31 Å². The van der Waals surface area contributed by atoms with Gasteiger partial charge in [0.2, 0.25) is 0 Å². The van der Waals surface area contributed by atoms with Crippen molar-refractivity contribution in [2.45, 2.75) is 37.1 Å². The molecule has 0 aromatic heterocycles. The molecule has 0 saturated heterocycles. The number of sulfonamides is 1. The quantitative estimate of drug-likeness (QED) is 0.582. The number of unbranched alkanes of at least 4 members (excludes halogenated alkanes) is 1. The van der Waals surface area contributed by atoms with Crippen LogP contribution in [0.25, 0.3) is 5.57 Å². The number of rotatable bonds is 6. The molecular weight excluding hydrogens is 334 g/mol. The molecule has 5 heteroatoms. The van der Waals surface area contributed by atoms with Gasteiger partial charge < -0.3 is 4.79 Å². The summed E-state index contributed by atoms with van der Waals surface area (Å²) in [5, 5.41) is 0. The zero-order valence-electron chi connectivity index (χ0n) is 14.2. The first-order chi connectivity index (χ1) is 12.0. The van der Waals surface area contributed by atoms with Gasteiger partial charge in [0.25, 0.3) is 10.0 Å². The van der Waals surface area contributed by atoms with Crippen LogP contribution in [0.1, 0.15) is 30.4 Å². The molecule has 1 aliphatic heterocycles. The van der Waals surface area contributed by atoms with Crippen molar-refractivity contribution in [3.63, 3.8) is 0 Å². The molecule has 1 aliphatic rings. The Hall–Kier alpha value is -2.40. The van der Waals surface area contributed by atoms with E-state index < -0.39 is 10.0 Å². The molecule has 1 atom stereocenters. The molecular formula is C20H21NO3S. The molecule has 0 amide bonds. The van der Waals surface area contributed by atoms with Gasteiger partial charge in [-0.05, 0) is 43.5 Å². The summed E-state index contributed by atoms with van der Waals surface area (Å²) in [6.45, 7) is 6.06. The van der Waals surface area contributed by atoms with Crippen LogP contribution < -0.4 is 4.31 Å². The van der Waals surface area contributed by atoms with Crippen molar-refractivity contribution >= 4 is 27.6 Å². The molecule has 130 valence electrons. The topological polar surface area (TPSA) is 54.5 Å². The summed E-state index contributed by atoms with van der Waals surface area (Å²) in [6, 6.07) is 13.9. The highest BCUT2D eigenvalue weighted by Crippen LogP contribution is 2.44. The molecule has 25 heavy (non-hydrogen) atoms. The fourth-order valence-electron chi connectivity index (χ4n) is 3.23. The number of carbonyl (C=O) groups excluding carboxylic acids is 1. The number of anilines is 1. The van der Waals surface area contributed by atoms with Crippen LogP contribution in [0.15, 0.2) is 60.0 Å². The predicted molar refractivity (Wildman–Crippen MR) is 100 cm³/mol. The minimum Gasteiger partial charge on any atom is -0.303 e. The van der Waals surface area contributed by atoms with E-state index in [1.54, 1.807) is 24.3 Å². The number of fused-ring (bicyclic) bond motifs is 1. The Kier molecular flexibility index (Phi) is 4.77. The van der Waals surface area contributed by atoms with Crippen LogP contribution in [-0.4, -0.2) is 20.7 Å². The molecule has 0 fully saturated rings. The first kappa shape index (κ1) is 17.4. The average Bonchev–Trinajstić information content (AvgIpc) is 2.89. The molecule has 1 unspecified atom stereocenters. The monoisotopic (exact) mass is 355 g/mol. The van der Waals surface area contributed by atoms with Gasteiger partial charge in [-0.2, -0.15) is 0 Å². The van der Waals surface area contributed by atoms with Gasteiger partial charge in [-0.1, -0.05) is 42.5 Å². The zero-order chi connectivity index (χ0) is 18.0. The number of aryl methyl sites for hydroxylation is 1. The van der Waals surface area contributed by atoms with Crippen LogP contribution in [0.3, 0.4) is 0 Å². The number of hydrogen-bond donors (Lipinski definition) is 0. The average molecular weight is 355 g/mol. The Morgan fingerprint density at radius 1 is 1.12 bits per heavy atom. The van der Waals surface area contributed by atoms with Gasteiger partial charge in [0.15, 0.2) is 0 Å². The molecule has 0 aliphatic carbocycles. The number of hydrogen-bond acceptors (Lipinski definition) is 3. The van der Waals surface area contributed by atoms with E-state index in [9.17, 15) is 13.2 Å². The molecule has 4 nitrogen and oxygen atoms in total. The number of benzene rings is 2. The lowest BCUT2D eigenvalue weighted by Gasteiger charge is -2.27. The van der Waals surface area contributed by atoms with Crippen LogP contribution in [0.4, 0.5) is 5.69 Å². The summed E-state index contributed by atoms with van der Waals surface area (Å²) in [5.74, 6) is 0. The number of para-hydroxylation sites is 1. The van der Waals surface area contributed by atoms with Gasteiger partial charge >= 0.3 is 0 Å². The fourth-order valence-corrected chi connectivity index (χ4v) is 4.93. The van der Waals surface area contributed by atoms with Crippen LogP contribution in [0.5, 0.6) is 0 Å². The van der Waals surface area contributed by atoms with Crippen LogP contribution >= 0.6 is 0 Å². The molecule has 0 bridgehead atoms. The van der Waals surface area contributed by atoms with E-state index in [0.717, 1.165) is 23.0 Å². The van der Waals surface area contributed by atoms with Crippen molar-refractivity contribution in [3.05, 3.63) is 66.2 Å². The van der Waals surface area contributed by atoms with E-state index in [4.69, 9.17) is 0 Å². The fraction of sp³-hybridized carbons (Fsp3) is 0.250. The molecule has 3 rings (SSSR count). The van der Waals surface area contributed by atoms with Crippen molar-refractivity contribution < 1.29 is 13.2 Å².